The van der Waals surface area contributed by atoms with E-state index in [0.29, 0.717) is 25.9 Å². The van der Waals surface area contributed by atoms with E-state index in [-0.39, 0.29) is 11.8 Å². The Kier molecular flexibility index (Phi) is 4.16. The maximum absolute atomic E-state index is 12.2. The lowest BCUT2D eigenvalue weighted by Crippen LogP contribution is -2.42. The first kappa shape index (κ1) is 13.5. The van der Waals surface area contributed by atoms with Crippen molar-refractivity contribution < 1.29 is 9.59 Å². The Morgan fingerprint density at radius 1 is 1.58 bits per heavy atom. The minimum Gasteiger partial charge on any atom is -0.344 e. The highest BCUT2D eigenvalue weighted by Gasteiger charge is 2.33. The van der Waals surface area contributed by atoms with E-state index in [4.69, 9.17) is 0 Å². The van der Waals surface area contributed by atoms with Crippen LogP contribution in [0.3, 0.4) is 0 Å². The van der Waals surface area contributed by atoms with Gasteiger partial charge in [-0.1, -0.05) is 0 Å². The van der Waals surface area contributed by atoms with Gasteiger partial charge in [0, 0.05) is 32.8 Å². The van der Waals surface area contributed by atoms with Crippen molar-refractivity contribution in [1.29, 1.82) is 0 Å². The Balaban J connectivity index is 1.92. The number of nitrogens with zero attached hydrogens (tertiary/aromatic N) is 3. The van der Waals surface area contributed by atoms with Crippen LogP contribution in [0.15, 0.2) is 12.4 Å². The molecule has 104 valence electrons. The van der Waals surface area contributed by atoms with E-state index in [0.717, 1.165) is 5.69 Å². The van der Waals surface area contributed by atoms with Crippen molar-refractivity contribution in [3.63, 3.8) is 0 Å². The number of carbonyl (C=O) groups is 2. The average molecular weight is 265 g/mol. The number of hydrogen-bond acceptors (Lipinski definition) is 4. The first-order valence-electron chi connectivity index (χ1n) is 6.36. The van der Waals surface area contributed by atoms with Crippen molar-refractivity contribution in [2.75, 3.05) is 25.0 Å². The summed E-state index contributed by atoms with van der Waals surface area (Å²) in [4.78, 5) is 25.5. The molecule has 1 aliphatic heterocycles. The number of carbonyl (C=O) groups excluding carboxylic acids is 2. The second-order valence-corrected chi connectivity index (χ2v) is 4.62. The van der Waals surface area contributed by atoms with Crippen molar-refractivity contribution in [1.82, 2.24) is 20.4 Å². The molecule has 2 rings (SSSR count). The summed E-state index contributed by atoms with van der Waals surface area (Å²) in [6.45, 7) is 1.22. The van der Waals surface area contributed by atoms with Crippen LogP contribution in [0.25, 0.3) is 0 Å². The highest BCUT2D eigenvalue weighted by atomic mass is 16.2. The standard InChI is InChI=1S/C12H19N5O2/c1-13-5-3-11(18)15-10-4-6-17(12(10)19)9-7-14-16(2)8-9/h7-8,10,13H,3-6H2,1-2H3,(H,15,18). The highest BCUT2D eigenvalue weighted by Crippen LogP contribution is 2.20. The molecule has 1 fully saturated rings. The lowest BCUT2D eigenvalue weighted by molar-refractivity contribution is -0.126. The van der Waals surface area contributed by atoms with Crippen LogP contribution in [0, 0.1) is 0 Å². The Labute approximate surface area is 111 Å². The quantitative estimate of drug-likeness (QED) is 0.734. The lowest BCUT2D eigenvalue weighted by Gasteiger charge is -2.15. The number of rotatable bonds is 5. The summed E-state index contributed by atoms with van der Waals surface area (Å²) in [5, 5.41) is 9.73. The minimum atomic E-state index is -0.412. The molecule has 2 amide bonds. The van der Waals surface area contributed by atoms with Crippen LogP contribution in [0.4, 0.5) is 5.69 Å². The first-order valence-corrected chi connectivity index (χ1v) is 6.36. The van der Waals surface area contributed by atoms with Crippen LogP contribution in [0.5, 0.6) is 0 Å². The predicted octanol–water partition coefficient (Wildman–Crippen LogP) is -0.749. The van der Waals surface area contributed by atoms with Gasteiger partial charge in [0.15, 0.2) is 0 Å². The molecule has 1 unspecified atom stereocenters. The van der Waals surface area contributed by atoms with Crippen LogP contribution >= 0.6 is 0 Å². The molecule has 1 aromatic rings. The summed E-state index contributed by atoms with van der Waals surface area (Å²) < 4.78 is 1.65. The minimum absolute atomic E-state index is 0.0641. The molecule has 0 aromatic carbocycles. The fraction of sp³-hybridized carbons (Fsp3) is 0.583. The van der Waals surface area contributed by atoms with Gasteiger partial charge in [-0.3, -0.25) is 14.3 Å². The van der Waals surface area contributed by atoms with Crippen LogP contribution in [0.2, 0.25) is 0 Å². The molecule has 1 atom stereocenters. The Morgan fingerprint density at radius 2 is 2.37 bits per heavy atom. The van der Waals surface area contributed by atoms with Gasteiger partial charge in [0.05, 0.1) is 11.9 Å². The SMILES string of the molecule is CNCCC(=O)NC1CCN(c2cnn(C)c2)C1=O. The molecule has 2 N–H and O–H groups in total. The van der Waals surface area contributed by atoms with Gasteiger partial charge in [0.2, 0.25) is 11.8 Å². The molecule has 19 heavy (non-hydrogen) atoms. The van der Waals surface area contributed by atoms with E-state index in [1.807, 2.05) is 0 Å². The van der Waals surface area contributed by atoms with Gasteiger partial charge in [-0.05, 0) is 13.5 Å². The maximum atomic E-state index is 12.2. The van der Waals surface area contributed by atoms with Gasteiger partial charge in [-0.2, -0.15) is 5.10 Å². The smallest absolute Gasteiger partial charge is 0.249 e. The summed E-state index contributed by atoms with van der Waals surface area (Å²) in [5.41, 5.74) is 0.777. The fourth-order valence-corrected chi connectivity index (χ4v) is 2.12. The van der Waals surface area contributed by atoms with E-state index in [9.17, 15) is 9.59 Å². The number of aromatic nitrogens is 2. The molecule has 2 heterocycles. The Morgan fingerprint density at radius 3 is 3.00 bits per heavy atom. The van der Waals surface area contributed by atoms with Crippen LogP contribution in [-0.4, -0.2) is 47.8 Å². The molecule has 0 bridgehead atoms. The van der Waals surface area contributed by atoms with Crippen molar-refractivity contribution in [3.8, 4) is 0 Å². The second kappa shape index (κ2) is 5.83. The van der Waals surface area contributed by atoms with Crippen molar-refractivity contribution in [2.24, 2.45) is 7.05 Å². The molecule has 0 spiro atoms. The first-order chi connectivity index (χ1) is 9.11. The normalized spacial score (nSPS) is 18.9. The number of anilines is 1. The molecule has 0 aliphatic carbocycles. The molecule has 0 saturated carbocycles. The van der Waals surface area contributed by atoms with E-state index in [1.54, 1.807) is 36.1 Å². The predicted molar refractivity (Wildman–Crippen MR) is 70.7 cm³/mol. The summed E-state index contributed by atoms with van der Waals surface area (Å²) in [7, 11) is 3.60. The molecule has 0 radical (unpaired) electrons. The molecule has 1 aliphatic rings. The Hall–Kier alpha value is -1.89. The second-order valence-electron chi connectivity index (χ2n) is 4.62. The van der Waals surface area contributed by atoms with E-state index in [2.05, 4.69) is 15.7 Å². The summed E-state index contributed by atoms with van der Waals surface area (Å²) in [5.74, 6) is -0.161. The summed E-state index contributed by atoms with van der Waals surface area (Å²) >= 11 is 0. The van der Waals surface area contributed by atoms with Crippen molar-refractivity contribution in [3.05, 3.63) is 12.4 Å². The number of nitrogens with one attached hydrogen (secondary N) is 2. The van der Waals surface area contributed by atoms with Crippen molar-refractivity contribution in [2.45, 2.75) is 18.9 Å². The largest absolute Gasteiger partial charge is 0.344 e. The van der Waals surface area contributed by atoms with Gasteiger partial charge in [-0.25, -0.2) is 0 Å². The van der Waals surface area contributed by atoms with Gasteiger partial charge in [0.1, 0.15) is 6.04 Å². The number of amides is 2. The van der Waals surface area contributed by atoms with Gasteiger partial charge in [-0.15, -0.1) is 0 Å². The topological polar surface area (TPSA) is 79.3 Å². The Bertz CT molecular complexity index is 470. The van der Waals surface area contributed by atoms with Gasteiger partial charge in [0.25, 0.3) is 0 Å². The number of hydrogen-bond donors (Lipinski definition) is 2. The maximum Gasteiger partial charge on any atom is 0.249 e. The van der Waals surface area contributed by atoms with E-state index in [1.165, 1.54) is 0 Å². The van der Waals surface area contributed by atoms with Crippen LogP contribution < -0.4 is 15.5 Å². The number of aryl methyl sites for hydroxylation is 1. The van der Waals surface area contributed by atoms with Crippen LogP contribution in [-0.2, 0) is 16.6 Å². The van der Waals surface area contributed by atoms with E-state index >= 15 is 0 Å². The fourth-order valence-electron chi connectivity index (χ4n) is 2.12. The third-order valence-corrected chi connectivity index (χ3v) is 3.15. The molecular formula is C12H19N5O2. The van der Waals surface area contributed by atoms with Gasteiger partial charge >= 0.3 is 0 Å². The molecule has 7 heteroatoms. The lowest BCUT2D eigenvalue weighted by atomic mass is 10.2. The van der Waals surface area contributed by atoms with Gasteiger partial charge < -0.3 is 15.5 Å². The van der Waals surface area contributed by atoms with Crippen LogP contribution in [0.1, 0.15) is 12.8 Å². The molecule has 7 nitrogen and oxygen atoms in total. The van der Waals surface area contributed by atoms with E-state index < -0.39 is 6.04 Å². The molecular weight excluding hydrogens is 246 g/mol. The zero-order valence-electron chi connectivity index (χ0n) is 11.2. The summed E-state index contributed by atoms with van der Waals surface area (Å²) in [6.07, 6.45) is 4.47. The monoisotopic (exact) mass is 265 g/mol. The average Bonchev–Trinajstić information content (AvgIpc) is 2.95. The molecule has 1 aromatic heterocycles. The summed E-state index contributed by atoms with van der Waals surface area (Å²) in [6, 6.07) is -0.412. The third kappa shape index (κ3) is 3.11. The molecule has 1 saturated heterocycles. The zero-order valence-corrected chi connectivity index (χ0v) is 11.2. The zero-order chi connectivity index (χ0) is 13.8. The highest BCUT2D eigenvalue weighted by molar-refractivity contribution is 6.01. The van der Waals surface area contributed by atoms with Crippen molar-refractivity contribution >= 4 is 17.5 Å². The third-order valence-electron chi connectivity index (χ3n) is 3.15.